The molecular weight excluding hydrogens is 302 g/mol. The number of ether oxygens (including phenoxy) is 2. The first-order valence-corrected chi connectivity index (χ1v) is 8.24. The van der Waals surface area contributed by atoms with Crippen LogP contribution in [0.4, 0.5) is 0 Å². The van der Waals surface area contributed by atoms with E-state index in [9.17, 15) is 4.79 Å². The molecule has 0 aliphatic heterocycles. The highest BCUT2D eigenvalue weighted by Crippen LogP contribution is 2.16. The van der Waals surface area contributed by atoms with Crippen LogP contribution in [0.15, 0.2) is 48.5 Å². The molecule has 0 atom stereocenters. The summed E-state index contributed by atoms with van der Waals surface area (Å²) in [6.07, 6.45) is 0.228. The first-order valence-electron chi connectivity index (χ1n) is 8.24. The maximum Gasteiger partial charge on any atom is 0.251 e. The summed E-state index contributed by atoms with van der Waals surface area (Å²) in [6.45, 7) is 8.37. The van der Waals surface area contributed by atoms with Gasteiger partial charge in [0.1, 0.15) is 11.5 Å². The monoisotopic (exact) mass is 327 g/mol. The molecule has 2 aromatic rings. The fraction of sp³-hybridized carbons (Fsp3) is 0.350. The highest BCUT2D eigenvalue weighted by Gasteiger charge is 2.07. The van der Waals surface area contributed by atoms with Crippen LogP contribution in [0.25, 0.3) is 0 Å². The molecule has 0 aliphatic rings. The zero-order valence-electron chi connectivity index (χ0n) is 14.7. The number of rotatable bonds is 7. The molecule has 4 heteroatoms. The maximum absolute atomic E-state index is 12.3. The van der Waals surface area contributed by atoms with E-state index in [1.54, 1.807) is 12.1 Å². The molecule has 2 aromatic carbocycles. The fourth-order valence-corrected chi connectivity index (χ4v) is 2.23. The number of amides is 1. The Hall–Kier alpha value is -2.49. The molecule has 0 aromatic heterocycles. The number of nitrogens with one attached hydrogen (secondary N) is 1. The molecule has 128 valence electrons. The molecule has 0 heterocycles. The van der Waals surface area contributed by atoms with E-state index in [1.807, 2.05) is 64.1 Å². The molecule has 0 fully saturated rings. The van der Waals surface area contributed by atoms with Crippen molar-refractivity contribution in [3.05, 3.63) is 59.7 Å². The van der Waals surface area contributed by atoms with Crippen molar-refractivity contribution in [2.45, 2.75) is 46.4 Å². The van der Waals surface area contributed by atoms with E-state index in [1.165, 1.54) is 0 Å². The van der Waals surface area contributed by atoms with Crippen molar-refractivity contribution in [2.24, 2.45) is 0 Å². The summed E-state index contributed by atoms with van der Waals surface area (Å²) >= 11 is 0. The minimum absolute atomic E-state index is 0.0786. The second-order valence-electron chi connectivity index (χ2n) is 6.19. The Morgan fingerprint density at radius 2 is 1.54 bits per heavy atom. The Morgan fingerprint density at radius 3 is 2.17 bits per heavy atom. The van der Waals surface area contributed by atoms with Crippen LogP contribution in [0.3, 0.4) is 0 Å². The Bertz CT molecular complexity index is 663. The van der Waals surface area contributed by atoms with Gasteiger partial charge in [-0.3, -0.25) is 4.79 Å². The van der Waals surface area contributed by atoms with Crippen molar-refractivity contribution in [3.8, 4) is 11.5 Å². The summed E-state index contributed by atoms with van der Waals surface area (Å²) in [4.78, 5) is 12.3. The van der Waals surface area contributed by atoms with Crippen LogP contribution >= 0.6 is 0 Å². The number of benzene rings is 2. The highest BCUT2D eigenvalue weighted by molar-refractivity contribution is 5.94. The smallest absolute Gasteiger partial charge is 0.251 e. The Labute approximate surface area is 143 Å². The summed E-state index contributed by atoms with van der Waals surface area (Å²) in [6, 6.07) is 15.0. The summed E-state index contributed by atoms with van der Waals surface area (Å²) in [5.74, 6) is 1.41. The van der Waals surface area contributed by atoms with Gasteiger partial charge in [0, 0.05) is 12.1 Å². The average molecular weight is 327 g/mol. The van der Waals surface area contributed by atoms with Crippen molar-refractivity contribution in [2.75, 3.05) is 0 Å². The van der Waals surface area contributed by atoms with Gasteiger partial charge < -0.3 is 14.8 Å². The van der Waals surface area contributed by atoms with Crippen LogP contribution < -0.4 is 14.8 Å². The van der Waals surface area contributed by atoms with Crippen molar-refractivity contribution < 1.29 is 14.3 Å². The number of hydrogen-bond acceptors (Lipinski definition) is 3. The molecule has 2 rings (SSSR count). The second kappa shape index (κ2) is 8.39. The molecule has 1 N–H and O–H groups in total. The Balaban J connectivity index is 1.93. The predicted molar refractivity (Wildman–Crippen MR) is 95.6 cm³/mol. The lowest BCUT2D eigenvalue weighted by atomic mass is 10.1. The van der Waals surface area contributed by atoms with Crippen LogP contribution in [0.5, 0.6) is 11.5 Å². The van der Waals surface area contributed by atoms with Crippen LogP contribution in [0, 0.1) is 0 Å². The first-order chi connectivity index (χ1) is 11.4. The average Bonchev–Trinajstić information content (AvgIpc) is 2.53. The van der Waals surface area contributed by atoms with Gasteiger partial charge in [-0.25, -0.2) is 0 Å². The fourth-order valence-electron chi connectivity index (χ4n) is 2.23. The number of hydrogen-bond donors (Lipinski definition) is 1. The Kier molecular flexibility index (Phi) is 6.24. The predicted octanol–water partition coefficient (Wildman–Crippen LogP) is 4.19. The van der Waals surface area contributed by atoms with E-state index in [4.69, 9.17) is 9.47 Å². The molecule has 0 spiro atoms. The van der Waals surface area contributed by atoms with Gasteiger partial charge in [-0.2, -0.15) is 0 Å². The number of carbonyl (C=O) groups excluding carboxylic acids is 1. The molecule has 4 nitrogen and oxygen atoms in total. The van der Waals surface area contributed by atoms with Crippen molar-refractivity contribution in [1.82, 2.24) is 5.32 Å². The quantitative estimate of drug-likeness (QED) is 0.829. The second-order valence-corrected chi connectivity index (χ2v) is 6.19. The topological polar surface area (TPSA) is 47.6 Å². The lowest BCUT2D eigenvalue weighted by molar-refractivity contribution is 0.0950. The third kappa shape index (κ3) is 5.61. The van der Waals surface area contributed by atoms with Crippen LogP contribution in [-0.2, 0) is 6.54 Å². The van der Waals surface area contributed by atoms with E-state index in [2.05, 4.69) is 5.32 Å². The highest BCUT2D eigenvalue weighted by atomic mass is 16.5. The number of carbonyl (C=O) groups is 1. The van der Waals surface area contributed by atoms with Crippen LogP contribution in [0.2, 0.25) is 0 Å². The minimum atomic E-state index is -0.119. The maximum atomic E-state index is 12.3. The van der Waals surface area contributed by atoms with E-state index in [0.29, 0.717) is 17.9 Å². The first kappa shape index (κ1) is 17.9. The largest absolute Gasteiger partial charge is 0.491 e. The third-order valence-electron chi connectivity index (χ3n) is 3.22. The molecule has 0 saturated carbocycles. The van der Waals surface area contributed by atoms with E-state index in [0.717, 1.165) is 11.3 Å². The van der Waals surface area contributed by atoms with Gasteiger partial charge in [-0.15, -0.1) is 0 Å². The van der Waals surface area contributed by atoms with Crippen molar-refractivity contribution in [3.63, 3.8) is 0 Å². The van der Waals surface area contributed by atoms with Gasteiger partial charge in [0.05, 0.1) is 12.2 Å². The summed E-state index contributed by atoms with van der Waals surface area (Å²) in [5, 5.41) is 2.92. The SMILES string of the molecule is CC(C)Oc1ccc(CNC(=O)c2cccc(OC(C)C)c2)cc1. The van der Waals surface area contributed by atoms with Crippen molar-refractivity contribution in [1.29, 1.82) is 0 Å². The minimum Gasteiger partial charge on any atom is -0.491 e. The lowest BCUT2D eigenvalue weighted by Crippen LogP contribution is -2.22. The van der Waals surface area contributed by atoms with E-state index in [-0.39, 0.29) is 18.1 Å². The van der Waals surface area contributed by atoms with Gasteiger partial charge in [-0.05, 0) is 63.6 Å². The summed E-state index contributed by atoms with van der Waals surface area (Å²) in [7, 11) is 0. The molecular formula is C20H25NO3. The molecule has 0 bridgehead atoms. The van der Waals surface area contributed by atoms with Crippen LogP contribution in [-0.4, -0.2) is 18.1 Å². The van der Waals surface area contributed by atoms with Crippen molar-refractivity contribution >= 4 is 5.91 Å². The molecule has 1 amide bonds. The van der Waals surface area contributed by atoms with Gasteiger partial charge >= 0.3 is 0 Å². The van der Waals surface area contributed by atoms with Crippen LogP contribution in [0.1, 0.15) is 43.6 Å². The van der Waals surface area contributed by atoms with E-state index >= 15 is 0 Å². The normalized spacial score (nSPS) is 10.8. The van der Waals surface area contributed by atoms with Gasteiger partial charge in [0.2, 0.25) is 0 Å². The third-order valence-corrected chi connectivity index (χ3v) is 3.22. The molecule has 0 radical (unpaired) electrons. The summed E-state index contributed by atoms with van der Waals surface area (Å²) in [5.41, 5.74) is 1.61. The van der Waals surface area contributed by atoms with Gasteiger partial charge in [-0.1, -0.05) is 18.2 Å². The van der Waals surface area contributed by atoms with Gasteiger partial charge in [0.25, 0.3) is 5.91 Å². The molecule has 0 aliphatic carbocycles. The van der Waals surface area contributed by atoms with Gasteiger partial charge in [0.15, 0.2) is 0 Å². The summed E-state index contributed by atoms with van der Waals surface area (Å²) < 4.78 is 11.2. The Morgan fingerprint density at radius 1 is 0.917 bits per heavy atom. The zero-order valence-corrected chi connectivity index (χ0v) is 14.7. The lowest BCUT2D eigenvalue weighted by Gasteiger charge is -2.12. The molecule has 24 heavy (non-hydrogen) atoms. The molecule has 0 saturated heterocycles. The standard InChI is InChI=1S/C20H25NO3/c1-14(2)23-18-10-8-16(9-11-18)13-21-20(22)17-6-5-7-19(12-17)24-15(3)4/h5-12,14-15H,13H2,1-4H3,(H,21,22). The molecule has 0 unspecified atom stereocenters. The zero-order chi connectivity index (χ0) is 17.5. The van der Waals surface area contributed by atoms with E-state index < -0.39 is 0 Å².